The number of carbonyl (C=O) groups is 2. The second-order valence-electron chi connectivity index (χ2n) is 13.0. The Morgan fingerprint density at radius 3 is 2.51 bits per heavy atom. The average Bonchev–Trinajstić information content (AvgIpc) is 3.72. The molecule has 0 radical (unpaired) electrons. The van der Waals surface area contributed by atoms with Crippen LogP contribution in [-0.4, -0.2) is 56.1 Å². The van der Waals surface area contributed by atoms with Crippen LogP contribution in [0.4, 0.5) is 0 Å². The molecule has 37 heavy (non-hydrogen) atoms. The van der Waals surface area contributed by atoms with Gasteiger partial charge >= 0.3 is 5.97 Å². The van der Waals surface area contributed by atoms with Crippen LogP contribution in [0.1, 0.15) is 74.7 Å². The van der Waals surface area contributed by atoms with Crippen molar-refractivity contribution in [2.45, 2.75) is 84.7 Å². The molecule has 6 rings (SSSR count). The summed E-state index contributed by atoms with van der Waals surface area (Å²) in [7, 11) is 0. The third kappa shape index (κ3) is 2.99. The fraction of sp³-hybridized carbons (Fsp3) is 0.667. The van der Waals surface area contributed by atoms with Crippen LogP contribution in [0.25, 0.3) is 0 Å². The number of ether oxygens (including phenoxy) is 1. The van der Waals surface area contributed by atoms with Gasteiger partial charge in [-0.1, -0.05) is 32.9 Å². The van der Waals surface area contributed by atoms with Gasteiger partial charge in [0.1, 0.15) is 6.10 Å². The largest absolute Gasteiger partial charge is 0.451 e. The van der Waals surface area contributed by atoms with Gasteiger partial charge in [0, 0.05) is 23.3 Å². The van der Waals surface area contributed by atoms with Crippen LogP contribution in [0.15, 0.2) is 29.4 Å². The zero-order valence-electron chi connectivity index (χ0n) is 22.6. The summed E-state index contributed by atoms with van der Waals surface area (Å²) in [6.45, 7) is 11.4. The standard InChI is InChI=1S/C30H39NO6/c1-14-12-29-15(2)9-22-23(28(22,5)6)21(25(29)34)11-18(13-32)24(33)30(29,36)26(14)37-27(35)20-10-16(3)31(17(20)4)19-7-8-19/h10-12,15,19,21-24,26,32-33,36H,7-9,13H2,1-6H3/t15-,21+,22-,23+,24-,26+,29+,30+/m1/s1. The number of Topliss-reactive ketones (excluding diaryl/α,β-unsaturated/α-hetero) is 1. The number of carbonyl (C=O) groups excluding carboxylic acids is 2. The van der Waals surface area contributed by atoms with Crippen LogP contribution in [0.5, 0.6) is 0 Å². The molecule has 0 aromatic carbocycles. The molecule has 3 fully saturated rings. The minimum Gasteiger partial charge on any atom is -0.451 e. The number of esters is 1. The number of ketones is 1. The van der Waals surface area contributed by atoms with Crippen molar-refractivity contribution in [1.29, 1.82) is 0 Å². The zero-order valence-corrected chi connectivity index (χ0v) is 22.6. The molecule has 0 amide bonds. The molecule has 0 aliphatic heterocycles. The van der Waals surface area contributed by atoms with Crippen molar-refractivity contribution >= 4 is 11.8 Å². The van der Waals surface area contributed by atoms with Crippen molar-refractivity contribution in [2.24, 2.45) is 34.5 Å². The van der Waals surface area contributed by atoms with E-state index in [9.17, 15) is 24.9 Å². The average molecular weight is 510 g/mol. The molecule has 2 bridgehead atoms. The number of aromatic nitrogens is 1. The van der Waals surface area contributed by atoms with Crippen molar-refractivity contribution in [3.8, 4) is 0 Å². The van der Waals surface area contributed by atoms with Crippen LogP contribution < -0.4 is 0 Å². The third-order valence-electron chi connectivity index (χ3n) is 10.7. The SMILES string of the molecule is CC1=C[C@]23C(=O)[C@@H](C=C(CO)[C@@H](O)[C@]2(O)[C@H]1OC(=O)c1cc(C)n(C2CC2)c1C)[C@H]1[C@@H](C[C@H]3C)C1(C)C. The van der Waals surface area contributed by atoms with Gasteiger partial charge in [0.05, 0.1) is 17.6 Å². The first-order valence-corrected chi connectivity index (χ1v) is 13.7. The van der Waals surface area contributed by atoms with Gasteiger partial charge in [0.15, 0.2) is 17.5 Å². The van der Waals surface area contributed by atoms with E-state index < -0.39 is 41.7 Å². The lowest BCUT2D eigenvalue weighted by atomic mass is 9.59. The van der Waals surface area contributed by atoms with E-state index in [2.05, 4.69) is 18.4 Å². The highest BCUT2D eigenvalue weighted by molar-refractivity contribution is 5.96. The third-order valence-corrected chi connectivity index (χ3v) is 10.7. The van der Waals surface area contributed by atoms with Crippen molar-refractivity contribution in [3.05, 3.63) is 46.3 Å². The summed E-state index contributed by atoms with van der Waals surface area (Å²) in [4.78, 5) is 28.0. The molecule has 1 spiro atoms. The normalized spacial score (nSPS) is 41.7. The number of hydrogen-bond acceptors (Lipinski definition) is 6. The highest BCUT2D eigenvalue weighted by Crippen LogP contribution is 2.71. The Bertz CT molecular complexity index is 1270. The molecule has 0 unspecified atom stereocenters. The number of fused-ring (bicyclic) bond motifs is 3. The quantitative estimate of drug-likeness (QED) is 0.424. The Morgan fingerprint density at radius 1 is 1.22 bits per heavy atom. The summed E-state index contributed by atoms with van der Waals surface area (Å²) in [5.74, 6) is -1.15. The van der Waals surface area contributed by atoms with Crippen molar-refractivity contribution in [3.63, 3.8) is 0 Å². The lowest BCUT2D eigenvalue weighted by Gasteiger charge is -2.48. The molecular formula is C30H39NO6. The molecule has 3 N–H and O–H groups in total. The monoisotopic (exact) mass is 509 g/mol. The van der Waals surface area contributed by atoms with E-state index in [0.717, 1.165) is 30.7 Å². The van der Waals surface area contributed by atoms with E-state index in [0.29, 0.717) is 23.1 Å². The smallest absolute Gasteiger partial charge is 0.340 e. The summed E-state index contributed by atoms with van der Waals surface area (Å²) in [6.07, 6.45) is 3.58. The maximum absolute atomic E-state index is 14.4. The van der Waals surface area contributed by atoms with E-state index in [1.54, 1.807) is 19.1 Å². The van der Waals surface area contributed by atoms with E-state index in [1.807, 2.05) is 26.8 Å². The minimum atomic E-state index is -2.12. The van der Waals surface area contributed by atoms with E-state index in [1.165, 1.54) is 0 Å². The molecule has 7 heteroatoms. The molecule has 8 atom stereocenters. The highest BCUT2D eigenvalue weighted by atomic mass is 16.6. The summed E-state index contributed by atoms with van der Waals surface area (Å²) in [5.41, 5.74) is -0.558. The zero-order chi connectivity index (χ0) is 26.8. The predicted molar refractivity (Wildman–Crippen MR) is 137 cm³/mol. The fourth-order valence-corrected chi connectivity index (χ4v) is 8.64. The van der Waals surface area contributed by atoms with Crippen molar-refractivity contribution < 1.29 is 29.6 Å². The van der Waals surface area contributed by atoms with Gasteiger partial charge in [-0.2, -0.15) is 0 Å². The topological polar surface area (TPSA) is 109 Å². The number of aryl methyl sites for hydroxylation is 1. The first-order chi connectivity index (χ1) is 17.3. The Labute approximate surface area is 218 Å². The Morgan fingerprint density at radius 2 is 1.89 bits per heavy atom. The molecule has 1 aromatic rings. The summed E-state index contributed by atoms with van der Waals surface area (Å²) in [5, 5.41) is 34.5. The Balaban J connectivity index is 1.44. The summed E-state index contributed by atoms with van der Waals surface area (Å²) < 4.78 is 8.22. The maximum atomic E-state index is 14.4. The van der Waals surface area contributed by atoms with Gasteiger partial charge in [0.2, 0.25) is 0 Å². The highest BCUT2D eigenvalue weighted by Gasteiger charge is 2.76. The minimum absolute atomic E-state index is 0.0337. The molecule has 1 aromatic heterocycles. The van der Waals surface area contributed by atoms with Crippen LogP contribution in [0.2, 0.25) is 0 Å². The number of allylic oxidation sites excluding steroid dienone is 1. The van der Waals surface area contributed by atoms with Crippen LogP contribution in [0, 0.1) is 48.3 Å². The van der Waals surface area contributed by atoms with Gasteiger partial charge in [-0.25, -0.2) is 4.79 Å². The summed E-state index contributed by atoms with van der Waals surface area (Å²) >= 11 is 0. The molecule has 200 valence electrons. The Hall–Kier alpha value is -2.22. The van der Waals surface area contributed by atoms with E-state index in [-0.39, 0.29) is 28.6 Å². The molecule has 5 aliphatic carbocycles. The van der Waals surface area contributed by atoms with Gasteiger partial charge < -0.3 is 24.6 Å². The lowest BCUT2D eigenvalue weighted by Crippen LogP contribution is -2.65. The first-order valence-electron chi connectivity index (χ1n) is 13.7. The fourth-order valence-electron chi connectivity index (χ4n) is 8.64. The summed E-state index contributed by atoms with van der Waals surface area (Å²) in [6, 6.07) is 2.22. The molecular weight excluding hydrogens is 470 g/mol. The number of hydrogen-bond donors (Lipinski definition) is 3. The molecule has 7 nitrogen and oxygen atoms in total. The van der Waals surface area contributed by atoms with E-state index >= 15 is 0 Å². The number of aliphatic hydroxyl groups is 3. The predicted octanol–water partition coefficient (Wildman–Crippen LogP) is 3.43. The number of aliphatic hydroxyl groups excluding tert-OH is 2. The van der Waals surface area contributed by atoms with Crippen LogP contribution in [0.3, 0.4) is 0 Å². The van der Waals surface area contributed by atoms with Crippen molar-refractivity contribution in [2.75, 3.05) is 6.61 Å². The van der Waals surface area contributed by atoms with Gasteiger partial charge in [0.25, 0.3) is 0 Å². The number of nitrogens with zero attached hydrogens (tertiary/aromatic N) is 1. The van der Waals surface area contributed by atoms with Crippen LogP contribution >= 0.6 is 0 Å². The molecule has 1 heterocycles. The van der Waals surface area contributed by atoms with Gasteiger partial charge in [-0.05, 0) is 80.4 Å². The second kappa shape index (κ2) is 7.67. The maximum Gasteiger partial charge on any atom is 0.340 e. The number of rotatable bonds is 4. The van der Waals surface area contributed by atoms with Crippen LogP contribution in [-0.2, 0) is 9.53 Å². The lowest BCUT2D eigenvalue weighted by molar-refractivity contribution is -0.190. The second-order valence-corrected chi connectivity index (χ2v) is 13.0. The first kappa shape index (κ1) is 25.1. The van der Waals surface area contributed by atoms with Gasteiger partial charge in [-0.3, -0.25) is 4.79 Å². The molecule has 0 saturated heterocycles. The van der Waals surface area contributed by atoms with Crippen molar-refractivity contribution in [1.82, 2.24) is 4.57 Å². The molecule has 3 saturated carbocycles. The Kier molecular flexibility index (Phi) is 5.20. The van der Waals surface area contributed by atoms with Gasteiger partial charge in [-0.15, -0.1) is 0 Å². The van der Waals surface area contributed by atoms with E-state index in [4.69, 9.17) is 4.74 Å². The molecule has 5 aliphatic rings.